The van der Waals surface area contributed by atoms with E-state index >= 15 is 0 Å². The predicted octanol–water partition coefficient (Wildman–Crippen LogP) is 2.58. The van der Waals surface area contributed by atoms with Gasteiger partial charge in [0.2, 0.25) is 0 Å². The molecule has 4 nitrogen and oxygen atoms in total. The van der Waals surface area contributed by atoms with Crippen LogP contribution in [0.2, 0.25) is 0 Å². The average molecular weight is 276 g/mol. The van der Waals surface area contributed by atoms with Crippen LogP contribution in [0.25, 0.3) is 0 Å². The number of benzene rings is 1. The number of carboxylic acid groups (broad SMARTS) is 1. The number of carboxylic acids is 1. The van der Waals surface area contributed by atoms with Crippen molar-refractivity contribution in [1.82, 2.24) is 0 Å². The Labute approximate surface area is 117 Å². The third kappa shape index (κ3) is 2.85. The number of hydrogen-bond donors (Lipinski definition) is 1. The average Bonchev–Trinajstić information content (AvgIpc) is 2.88. The van der Waals surface area contributed by atoms with Crippen molar-refractivity contribution < 1.29 is 9.90 Å². The molecule has 1 N–H and O–H groups in total. The van der Waals surface area contributed by atoms with E-state index in [1.165, 1.54) is 0 Å². The first kappa shape index (κ1) is 13.8. The molecule has 1 aliphatic rings. The van der Waals surface area contributed by atoms with Crippen LogP contribution in [0, 0.1) is 17.2 Å². The van der Waals surface area contributed by atoms with Gasteiger partial charge in [0.25, 0.3) is 0 Å². The maximum atomic E-state index is 11.0. The van der Waals surface area contributed by atoms with E-state index < -0.39 is 5.97 Å². The van der Waals surface area contributed by atoms with Crippen LogP contribution in [-0.4, -0.2) is 29.9 Å². The minimum atomic E-state index is -0.750. The Balaban J connectivity index is 2.28. The monoisotopic (exact) mass is 276 g/mol. The zero-order valence-corrected chi connectivity index (χ0v) is 11.6. The van der Waals surface area contributed by atoms with Crippen molar-refractivity contribution in [2.45, 2.75) is 18.2 Å². The Hall–Kier alpha value is -1.67. The quantitative estimate of drug-likeness (QED) is 0.856. The lowest BCUT2D eigenvalue weighted by atomic mass is 10.1. The van der Waals surface area contributed by atoms with Crippen molar-refractivity contribution in [1.29, 1.82) is 5.26 Å². The SMILES string of the molecule is CCSc1cccc(N2CCC(C(=O)O)C2)c1C#N. The van der Waals surface area contributed by atoms with Crippen LogP contribution in [0.1, 0.15) is 18.9 Å². The van der Waals surface area contributed by atoms with E-state index in [2.05, 4.69) is 13.0 Å². The van der Waals surface area contributed by atoms with Crippen molar-refractivity contribution >= 4 is 23.4 Å². The summed E-state index contributed by atoms with van der Waals surface area (Å²) in [6.45, 7) is 3.24. The molecule has 1 atom stereocenters. The second-order valence-corrected chi connectivity index (χ2v) is 5.77. The fourth-order valence-electron chi connectivity index (χ4n) is 2.35. The van der Waals surface area contributed by atoms with E-state index in [4.69, 9.17) is 5.11 Å². The number of carbonyl (C=O) groups is 1. The molecule has 0 radical (unpaired) electrons. The summed E-state index contributed by atoms with van der Waals surface area (Å²) in [4.78, 5) is 14.0. The Morgan fingerprint density at radius 2 is 2.42 bits per heavy atom. The second-order valence-electron chi connectivity index (χ2n) is 4.46. The summed E-state index contributed by atoms with van der Waals surface area (Å²) in [6.07, 6.45) is 0.644. The molecule has 0 aliphatic carbocycles. The fraction of sp³-hybridized carbons (Fsp3) is 0.429. The van der Waals surface area contributed by atoms with Crippen molar-refractivity contribution in [2.75, 3.05) is 23.7 Å². The van der Waals surface area contributed by atoms with Gasteiger partial charge in [-0.2, -0.15) is 5.26 Å². The molecule has 1 aliphatic heterocycles. The van der Waals surface area contributed by atoms with Gasteiger partial charge in [-0.1, -0.05) is 13.0 Å². The lowest BCUT2D eigenvalue weighted by Gasteiger charge is -2.20. The molecule has 19 heavy (non-hydrogen) atoms. The zero-order valence-electron chi connectivity index (χ0n) is 10.8. The molecule has 5 heteroatoms. The molecular formula is C14H16N2O2S. The molecule has 1 unspecified atom stereocenters. The molecule has 0 spiro atoms. The molecule has 100 valence electrons. The Kier molecular flexibility index (Phi) is 4.33. The fourth-order valence-corrected chi connectivity index (χ4v) is 3.13. The third-order valence-corrected chi connectivity index (χ3v) is 4.23. The molecular weight excluding hydrogens is 260 g/mol. The topological polar surface area (TPSA) is 64.3 Å². The first-order valence-electron chi connectivity index (χ1n) is 6.31. The number of aliphatic carboxylic acids is 1. The summed E-state index contributed by atoms with van der Waals surface area (Å²) in [5.74, 6) is -0.162. The Morgan fingerprint density at radius 1 is 1.63 bits per heavy atom. The number of rotatable bonds is 4. The number of thioether (sulfide) groups is 1. The Morgan fingerprint density at radius 3 is 3.00 bits per heavy atom. The van der Waals surface area contributed by atoms with Crippen LogP contribution in [0.4, 0.5) is 5.69 Å². The molecule has 1 fully saturated rings. The van der Waals surface area contributed by atoms with Crippen molar-refractivity contribution in [2.24, 2.45) is 5.92 Å². The van der Waals surface area contributed by atoms with E-state index in [-0.39, 0.29) is 5.92 Å². The minimum Gasteiger partial charge on any atom is -0.481 e. The van der Waals surface area contributed by atoms with Crippen LogP contribution >= 0.6 is 11.8 Å². The van der Waals surface area contributed by atoms with Crippen molar-refractivity contribution in [3.63, 3.8) is 0 Å². The largest absolute Gasteiger partial charge is 0.481 e. The first-order valence-corrected chi connectivity index (χ1v) is 7.29. The van der Waals surface area contributed by atoms with Gasteiger partial charge in [-0.15, -0.1) is 11.8 Å². The smallest absolute Gasteiger partial charge is 0.308 e. The van der Waals surface area contributed by atoms with E-state index in [1.54, 1.807) is 11.8 Å². The van der Waals surface area contributed by atoms with Gasteiger partial charge in [-0.05, 0) is 24.3 Å². The van der Waals surface area contributed by atoms with E-state index in [9.17, 15) is 10.1 Å². The number of hydrogen-bond acceptors (Lipinski definition) is 4. The number of nitrogens with zero attached hydrogens (tertiary/aromatic N) is 2. The molecule has 0 bridgehead atoms. The standard InChI is InChI=1S/C14H16N2O2S/c1-2-19-13-5-3-4-12(11(13)8-15)16-7-6-10(9-16)14(17)18/h3-5,10H,2,6-7,9H2,1H3,(H,17,18). The van der Waals surface area contributed by atoms with Crippen molar-refractivity contribution in [3.05, 3.63) is 23.8 Å². The second kappa shape index (κ2) is 5.98. The highest BCUT2D eigenvalue weighted by molar-refractivity contribution is 7.99. The molecule has 1 aromatic carbocycles. The maximum absolute atomic E-state index is 11.0. The zero-order chi connectivity index (χ0) is 13.8. The summed E-state index contributed by atoms with van der Waals surface area (Å²) in [7, 11) is 0. The summed E-state index contributed by atoms with van der Waals surface area (Å²) in [5, 5.41) is 18.4. The van der Waals surface area contributed by atoms with Gasteiger partial charge in [0.15, 0.2) is 0 Å². The summed E-state index contributed by atoms with van der Waals surface area (Å²) < 4.78 is 0. The van der Waals surface area contributed by atoms with Gasteiger partial charge in [0, 0.05) is 18.0 Å². The van der Waals surface area contributed by atoms with E-state index in [1.807, 2.05) is 23.1 Å². The summed E-state index contributed by atoms with van der Waals surface area (Å²) in [6, 6.07) is 8.04. The first-order chi connectivity index (χ1) is 9.17. The van der Waals surface area contributed by atoms with Gasteiger partial charge in [-0.3, -0.25) is 4.79 Å². The van der Waals surface area contributed by atoms with Gasteiger partial charge in [0.05, 0.1) is 17.2 Å². The van der Waals surface area contributed by atoms with Gasteiger partial charge in [0.1, 0.15) is 6.07 Å². The molecule has 0 saturated carbocycles. The minimum absolute atomic E-state index is 0.325. The lowest BCUT2D eigenvalue weighted by molar-refractivity contribution is -0.140. The predicted molar refractivity (Wildman–Crippen MR) is 75.5 cm³/mol. The maximum Gasteiger partial charge on any atom is 0.308 e. The highest BCUT2D eigenvalue weighted by Crippen LogP contribution is 2.33. The van der Waals surface area contributed by atoms with Gasteiger partial charge < -0.3 is 10.0 Å². The third-order valence-electron chi connectivity index (χ3n) is 3.29. The molecule has 1 aromatic rings. The van der Waals surface area contributed by atoms with Crippen LogP contribution < -0.4 is 4.90 Å². The lowest BCUT2D eigenvalue weighted by Crippen LogP contribution is -2.23. The summed E-state index contributed by atoms with van der Waals surface area (Å²) >= 11 is 1.64. The summed E-state index contributed by atoms with van der Waals surface area (Å²) in [5.41, 5.74) is 1.53. The van der Waals surface area contributed by atoms with Crippen LogP contribution in [0.3, 0.4) is 0 Å². The molecule has 1 heterocycles. The van der Waals surface area contributed by atoms with Crippen LogP contribution in [0.5, 0.6) is 0 Å². The van der Waals surface area contributed by atoms with Gasteiger partial charge >= 0.3 is 5.97 Å². The Bertz CT molecular complexity index is 525. The molecule has 0 aromatic heterocycles. The van der Waals surface area contributed by atoms with Crippen LogP contribution in [0.15, 0.2) is 23.1 Å². The highest BCUT2D eigenvalue weighted by atomic mass is 32.2. The highest BCUT2D eigenvalue weighted by Gasteiger charge is 2.29. The normalized spacial score (nSPS) is 18.3. The molecule has 0 amide bonds. The van der Waals surface area contributed by atoms with E-state index in [0.29, 0.717) is 25.1 Å². The van der Waals surface area contributed by atoms with Crippen molar-refractivity contribution in [3.8, 4) is 6.07 Å². The number of nitriles is 1. The van der Waals surface area contributed by atoms with E-state index in [0.717, 1.165) is 16.3 Å². The molecule has 2 rings (SSSR count). The van der Waals surface area contributed by atoms with Gasteiger partial charge in [-0.25, -0.2) is 0 Å². The molecule has 1 saturated heterocycles. The van der Waals surface area contributed by atoms with Crippen LogP contribution in [-0.2, 0) is 4.79 Å². The number of anilines is 1.